The number of carbonyl (C=O) groups excluding carboxylic acids is 2. The Hall–Kier alpha value is -2.54. The van der Waals surface area contributed by atoms with Gasteiger partial charge < -0.3 is 24.6 Å². The molecule has 31 heavy (non-hydrogen) atoms. The molecule has 3 rings (SSSR count). The van der Waals surface area contributed by atoms with E-state index in [1.54, 1.807) is 25.3 Å². The van der Waals surface area contributed by atoms with E-state index in [2.05, 4.69) is 24.2 Å². The van der Waals surface area contributed by atoms with E-state index in [0.29, 0.717) is 11.5 Å². The average molecular weight is 430 g/mol. The van der Waals surface area contributed by atoms with Crippen molar-refractivity contribution in [2.24, 2.45) is 5.92 Å². The zero-order valence-corrected chi connectivity index (χ0v) is 18.9. The minimum Gasteiger partial charge on any atom is -0.493 e. The van der Waals surface area contributed by atoms with Crippen molar-refractivity contribution >= 4 is 17.9 Å². The van der Waals surface area contributed by atoms with Crippen LogP contribution in [0.4, 0.5) is 0 Å². The van der Waals surface area contributed by atoms with Crippen LogP contribution in [0, 0.1) is 5.92 Å². The van der Waals surface area contributed by atoms with E-state index in [1.165, 1.54) is 12.8 Å². The maximum Gasteiger partial charge on any atom is 0.260 e. The average Bonchev–Trinajstić information content (AvgIpc) is 2.78. The number of nitrogens with one attached hydrogen (secondary N) is 1. The van der Waals surface area contributed by atoms with E-state index in [0.717, 1.165) is 50.5 Å². The normalized spacial score (nSPS) is 22.4. The number of amides is 2. The van der Waals surface area contributed by atoms with E-state index in [-0.39, 0.29) is 24.5 Å². The topological polar surface area (TPSA) is 71.1 Å². The van der Waals surface area contributed by atoms with Gasteiger partial charge in [0.2, 0.25) is 5.91 Å². The molecule has 2 fully saturated rings. The van der Waals surface area contributed by atoms with Crippen LogP contribution in [0.1, 0.15) is 38.2 Å². The summed E-state index contributed by atoms with van der Waals surface area (Å²) >= 11 is 0. The summed E-state index contributed by atoms with van der Waals surface area (Å²) in [5.41, 5.74) is 0.835. The van der Waals surface area contributed by atoms with E-state index >= 15 is 0 Å². The van der Waals surface area contributed by atoms with Crippen LogP contribution in [0.5, 0.6) is 11.5 Å². The quantitative estimate of drug-likeness (QED) is 0.675. The Morgan fingerprint density at radius 1 is 1.10 bits per heavy atom. The number of piperazine rings is 1. The van der Waals surface area contributed by atoms with Crippen LogP contribution in [0.3, 0.4) is 0 Å². The smallest absolute Gasteiger partial charge is 0.260 e. The van der Waals surface area contributed by atoms with Crippen molar-refractivity contribution in [2.45, 2.75) is 38.6 Å². The summed E-state index contributed by atoms with van der Waals surface area (Å²) in [5, 5.41) is 3.09. The fourth-order valence-corrected chi connectivity index (χ4v) is 4.02. The summed E-state index contributed by atoms with van der Waals surface area (Å²) < 4.78 is 11.2. The Bertz CT molecular complexity index is 779. The van der Waals surface area contributed by atoms with Gasteiger partial charge in [-0.1, -0.05) is 13.0 Å². The summed E-state index contributed by atoms with van der Waals surface area (Å²) in [7, 11) is 3.62. The molecule has 2 aliphatic rings. The van der Waals surface area contributed by atoms with Gasteiger partial charge in [-0.15, -0.1) is 0 Å². The second-order valence-corrected chi connectivity index (χ2v) is 8.68. The molecule has 2 amide bonds. The molecule has 1 saturated heterocycles. The highest BCUT2D eigenvalue weighted by Gasteiger charge is 2.20. The first-order chi connectivity index (χ1) is 14.9. The highest BCUT2D eigenvalue weighted by Crippen LogP contribution is 2.29. The van der Waals surface area contributed by atoms with Gasteiger partial charge in [-0.2, -0.15) is 0 Å². The third-order valence-corrected chi connectivity index (χ3v) is 6.18. The van der Waals surface area contributed by atoms with E-state index < -0.39 is 0 Å². The number of likely N-dealkylation sites (N-methyl/N-ethyl adjacent to an activating group) is 1. The molecule has 0 aromatic heterocycles. The molecule has 0 atom stereocenters. The van der Waals surface area contributed by atoms with Gasteiger partial charge in [0.1, 0.15) is 0 Å². The number of methoxy groups -OCH3 is 1. The van der Waals surface area contributed by atoms with E-state index in [4.69, 9.17) is 9.47 Å². The number of hydrogen-bond donors (Lipinski definition) is 1. The molecule has 7 heteroatoms. The van der Waals surface area contributed by atoms with Crippen LogP contribution in [-0.2, 0) is 9.59 Å². The van der Waals surface area contributed by atoms with E-state index in [1.807, 2.05) is 17.0 Å². The molecule has 1 aromatic rings. The molecule has 0 spiro atoms. The Kier molecular flexibility index (Phi) is 8.35. The first-order valence-corrected chi connectivity index (χ1v) is 11.2. The molecule has 170 valence electrons. The zero-order valence-electron chi connectivity index (χ0n) is 18.9. The Morgan fingerprint density at radius 2 is 1.81 bits per heavy atom. The van der Waals surface area contributed by atoms with Crippen molar-refractivity contribution in [3.8, 4) is 11.5 Å². The number of ether oxygens (including phenoxy) is 2. The van der Waals surface area contributed by atoms with Gasteiger partial charge in [-0.3, -0.25) is 9.59 Å². The minimum absolute atomic E-state index is 0.0162. The lowest BCUT2D eigenvalue weighted by atomic mass is 9.87. The third-order valence-electron chi connectivity index (χ3n) is 6.18. The Morgan fingerprint density at radius 3 is 2.48 bits per heavy atom. The molecule has 1 aliphatic carbocycles. The second-order valence-electron chi connectivity index (χ2n) is 8.68. The maximum atomic E-state index is 12.4. The molecule has 0 radical (unpaired) electrons. The number of nitrogens with zero attached hydrogens (tertiary/aromatic N) is 2. The standard InChI is InChI=1S/C24H35N3O4/c1-18-4-8-20(9-5-18)25-23(28)11-7-19-6-10-21(22(16-19)30-3)31-17-24(29)27-14-12-26(2)13-15-27/h6-7,10-11,16,18,20H,4-5,8-9,12-15,17H2,1-3H3,(H,25,28). The number of carbonyl (C=O) groups is 2. The summed E-state index contributed by atoms with van der Waals surface area (Å²) in [6.45, 7) is 5.45. The van der Waals surface area contributed by atoms with Crippen molar-refractivity contribution in [1.29, 1.82) is 0 Å². The number of rotatable bonds is 7. The molecule has 0 bridgehead atoms. The van der Waals surface area contributed by atoms with E-state index in [9.17, 15) is 9.59 Å². The molecular formula is C24H35N3O4. The van der Waals surface area contributed by atoms with Crippen molar-refractivity contribution < 1.29 is 19.1 Å². The van der Waals surface area contributed by atoms with Gasteiger partial charge in [0, 0.05) is 38.3 Å². The molecule has 1 N–H and O–H groups in total. The summed E-state index contributed by atoms with van der Waals surface area (Å²) in [6.07, 6.45) is 7.77. The van der Waals surface area contributed by atoms with Gasteiger partial charge in [-0.05, 0) is 62.4 Å². The zero-order chi connectivity index (χ0) is 22.2. The molecular weight excluding hydrogens is 394 g/mol. The van der Waals surface area contributed by atoms with Gasteiger partial charge >= 0.3 is 0 Å². The largest absolute Gasteiger partial charge is 0.493 e. The fraction of sp³-hybridized carbons (Fsp3) is 0.583. The first-order valence-electron chi connectivity index (χ1n) is 11.2. The third kappa shape index (κ3) is 6.99. The SMILES string of the molecule is COc1cc(C=CC(=O)NC2CCC(C)CC2)ccc1OCC(=O)N1CCN(C)CC1. The summed E-state index contributed by atoms with van der Waals surface area (Å²) in [5.74, 6) is 1.72. The molecule has 1 aromatic carbocycles. The monoisotopic (exact) mass is 429 g/mol. The lowest BCUT2D eigenvalue weighted by molar-refractivity contribution is -0.135. The van der Waals surface area contributed by atoms with Crippen LogP contribution < -0.4 is 14.8 Å². The van der Waals surface area contributed by atoms with Crippen LogP contribution in [0.25, 0.3) is 6.08 Å². The molecule has 7 nitrogen and oxygen atoms in total. The molecule has 1 aliphatic heterocycles. The van der Waals surface area contributed by atoms with Crippen molar-refractivity contribution in [3.63, 3.8) is 0 Å². The van der Waals surface area contributed by atoms with Gasteiger partial charge in [0.25, 0.3) is 5.91 Å². The van der Waals surface area contributed by atoms with Gasteiger partial charge in [-0.25, -0.2) is 0 Å². The van der Waals surface area contributed by atoms with Gasteiger partial charge in [0.15, 0.2) is 18.1 Å². The predicted molar refractivity (Wildman–Crippen MR) is 121 cm³/mol. The number of benzene rings is 1. The summed E-state index contributed by atoms with van der Waals surface area (Å²) in [6, 6.07) is 5.71. The molecule has 0 unspecified atom stereocenters. The van der Waals surface area contributed by atoms with Crippen molar-refractivity contribution in [3.05, 3.63) is 29.8 Å². The lowest BCUT2D eigenvalue weighted by Crippen LogP contribution is -2.48. The first kappa shape index (κ1) is 23.1. The minimum atomic E-state index is -0.0726. The second kappa shape index (κ2) is 11.2. The Labute approximate surface area is 185 Å². The molecule has 1 saturated carbocycles. The summed E-state index contributed by atoms with van der Waals surface area (Å²) in [4.78, 5) is 28.7. The Balaban J connectivity index is 1.51. The van der Waals surface area contributed by atoms with Crippen molar-refractivity contribution in [1.82, 2.24) is 15.1 Å². The van der Waals surface area contributed by atoms with Crippen LogP contribution in [0.15, 0.2) is 24.3 Å². The van der Waals surface area contributed by atoms with Crippen LogP contribution in [-0.4, -0.2) is 74.6 Å². The predicted octanol–water partition coefficient (Wildman–Crippen LogP) is 2.56. The highest BCUT2D eigenvalue weighted by atomic mass is 16.5. The number of hydrogen-bond acceptors (Lipinski definition) is 5. The van der Waals surface area contributed by atoms with Crippen LogP contribution >= 0.6 is 0 Å². The lowest BCUT2D eigenvalue weighted by Gasteiger charge is -2.32. The van der Waals surface area contributed by atoms with Crippen molar-refractivity contribution in [2.75, 3.05) is 46.9 Å². The van der Waals surface area contributed by atoms with Gasteiger partial charge in [0.05, 0.1) is 7.11 Å². The maximum absolute atomic E-state index is 12.4. The molecule has 1 heterocycles. The highest BCUT2D eigenvalue weighted by molar-refractivity contribution is 5.92. The van der Waals surface area contributed by atoms with Crippen LogP contribution in [0.2, 0.25) is 0 Å². The fourth-order valence-electron chi connectivity index (χ4n) is 4.02.